The molecule has 0 aliphatic heterocycles. The first kappa shape index (κ1) is 19.9. The van der Waals surface area contributed by atoms with Gasteiger partial charge in [0.25, 0.3) is 11.8 Å². The summed E-state index contributed by atoms with van der Waals surface area (Å²) in [6.07, 6.45) is 0. The monoisotopic (exact) mass is 386 g/mol. The Kier molecular flexibility index (Phi) is 5.79. The minimum absolute atomic E-state index is 0.165. The molecule has 0 bridgehead atoms. The van der Waals surface area contributed by atoms with E-state index in [4.69, 9.17) is 0 Å². The van der Waals surface area contributed by atoms with Gasteiger partial charge in [-0.2, -0.15) is 0 Å². The second-order valence-corrected chi connectivity index (χ2v) is 6.89. The summed E-state index contributed by atoms with van der Waals surface area (Å²) in [5.74, 6) is -0.745. The van der Waals surface area contributed by atoms with E-state index in [1.807, 2.05) is 38.1 Å². The number of aliphatic hydroxyl groups excluding tert-OH is 1. The highest BCUT2D eigenvalue weighted by Gasteiger charge is 2.11. The molecule has 146 valence electrons. The van der Waals surface area contributed by atoms with Crippen LogP contribution in [0.2, 0.25) is 0 Å². The molecule has 3 rings (SSSR count). The molecule has 0 aromatic heterocycles. The Balaban J connectivity index is 1.84. The Bertz CT molecular complexity index is 991. The van der Waals surface area contributed by atoms with Crippen molar-refractivity contribution < 1.29 is 14.7 Å². The SMILES string of the molecule is C=C(O)c1cc(NC(=O)c2ccc(C)cc2)cc(NC(=O)c2ccc(C)cc2)c1. The third kappa shape index (κ3) is 5.11. The van der Waals surface area contributed by atoms with Gasteiger partial charge in [0.1, 0.15) is 5.76 Å². The van der Waals surface area contributed by atoms with Crippen molar-refractivity contribution >= 4 is 28.9 Å². The molecule has 0 fully saturated rings. The van der Waals surface area contributed by atoms with Crippen molar-refractivity contribution in [2.24, 2.45) is 0 Å². The summed E-state index contributed by atoms with van der Waals surface area (Å²) in [5.41, 5.74) is 4.39. The van der Waals surface area contributed by atoms with Gasteiger partial charge in [-0.05, 0) is 56.3 Å². The zero-order valence-electron chi connectivity index (χ0n) is 16.3. The number of benzene rings is 3. The maximum atomic E-state index is 12.5. The maximum Gasteiger partial charge on any atom is 0.255 e. The second-order valence-electron chi connectivity index (χ2n) is 6.89. The van der Waals surface area contributed by atoms with E-state index in [1.54, 1.807) is 42.5 Å². The number of aryl methyl sites for hydroxylation is 2. The Morgan fingerprint density at radius 3 is 1.41 bits per heavy atom. The number of hydrogen-bond acceptors (Lipinski definition) is 3. The van der Waals surface area contributed by atoms with Crippen LogP contribution >= 0.6 is 0 Å². The Morgan fingerprint density at radius 2 is 1.07 bits per heavy atom. The van der Waals surface area contributed by atoms with Crippen LogP contribution in [0.4, 0.5) is 11.4 Å². The predicted octanol–water partition coefficient (Wildman–Crippen LogP) is 5.34. The Hall–Kier alpha value is -3.86. The summed E-state index contributed by atoms with van der Waals surface area (Å²) >= 11 is 0. The van der Waals surface area contributed by atoms with Crippen LogP contribution in [0.15, 0.2) is 73.3 Å². The van der Waals surface area contributed by atoms with E-state index in [0.29, 0.717) is 28.1 Å². The topological polar surface area (TPSA) is 78.4 Å². The largest absolute Gasteiger partial charge is 0.508 e. The molecule has 3 aromatic rings. The second kappa shape index (κ2) is 8.44. The fraction of sp³-hybridized carbons (Fsp3) is 0.0833. The van der Waals surface area contributed by atoms with Crippen LogP contribution in [0.1, 0.15) is 37.4 Å². The fourth-order valence-corrected chi connectivity index (χ4v) is 2.75. The number of aliphatic hydroxyl groups is 1. The van der Waals surface area contributed by atoms with Crippen molar-refractivity contribution in [1.82, 2.24) is 0 Å². The van der Waals surface area contributed by atoms with Gasteiger partial charge in [0.15, 0.2) is 0 Å². The van der Waals surface area contributed by atoms with Crippen molar-refractivity contribution in [3.05, 3.63) is 101 Å². The molecular weight excluding hydrogens is 364 g/mol. The predicted molar refractivity (Wildman–Crippen MR) is 116 cm³/mol. The van der Waals surface area contributed by atoms with Gasteiger partial charge in [-0.25, -0.2) is 0 Å². The van der Waals surface area contributed by atoms with Gasteiger partial charge < -0.3 is 15.7 Å². The minimum Gasteiger partial charge on any atom is -0.508 e. The molecule has 0 saturated heterocycles. The average molecular weight is 386 g/mol. The third-order valence-electron chi connectivity index (χ3n) is 4.41. The van der Waals surface area contributed by atoms with Crippen LogP contribution in [0.3, 0.4) is 0 Å². The number of anilines is 2. The van der Waals surface area contributed by atoms with Crippen LogP contribution in [0.25, 0.3) is 5.76 Å². The van der Waals surface area contributed by atoms with Crippen LogP contribution in [-0.4, -0.2) is 16.9 Å². The van der Waals surface area contributed by atoms with E-state index in [-0.39, 0.29) is 17.6 Å². The molecule has 3 N–H and O–H groups in total. The van der Waals surface area contributed by atoms with Crippen molar-refractivity contribution in [2.75, 3.05) is 10.6 Å². The molecule has 0 saturated carbocycles. The molecule has 0 aliphatic rings. The summed E-state index contributed by atoms with van der Waals surface area (Å²) in [6.45, 7) is 7.42. The first-order valence-electron chi connectivity index (χ1n) is 9.11. The van der Waals surface area contributed by atoms with E-state index >= 15 is 0 Å². The molecular formula is C24H22N2O3. The zero-order chi connectivity index (χ0) is 21.0. The van der Waals surface area contributed by atoms with Gasteiger partial charge in [-0.3, -0.25) is 9.59 Å². The molecule has 0 radical (unpaired) electrons. The van der Waals surface area contributed by atoms with Gasteiger partial charge in [-0.1, -0.05) is 42.0 Å². The lowest BCUT2D eigenvalue weighted by atomic mass is 10.1. The summed E-state index contributed by atoms with van der Waals surface area (Å²) in [6, 6.07) is 19.2. The molecule has 0 heterocycles. The summed E-state index contributed by atoms with van der Waals surface area (Å²) in [5, 5.41) is 15.4. The summed E-state index contributed by atoms with van der Waals surface area (Å²) < 4.78 is 0. The lowest BCUT2D eigenvalue weighted by molar-refractivity contribution is 0.101. The number of nitrogens with one attached hydrogen (secondary N) is 2. The molecule has 2 amide bonds. The third-order valence-corrected chi connectivity index (χ3v) is 4.41. The first-order chi connectivity index (χ1) is 13.8. The lowest BCUT2D eigenvalue weighted by Crippen LogP contribution is -2.14. The molecule has 0 atom stereocenters. The van der Waals surface area contributed by atoms with Crippen LogP contribution in [0.5, 0.6) is 0 Å². The van der Waals surface area contributed by atoms with E-state index < -0.39 is 0 Å². The highest BCUT2D eigenvalue weighted by atomic mass is 16.3. The highest BCUT2D eigenvalue weighted by molar-refractivity contribution is 6.06. The minimum atomic E-state index is -0.290. The van der Waals surface area contributed by atoms with Crippen molar-refractivity contribution in [3.8, 4) is 0 Å². The van der Waals surface area contributed by atoms with Crippen LogP contribution in [-0.2, 0) is 0 Å². The number of amides is 2. The Morgan fingerprint density at radius 1 is 0.690 bits per heavy atom. The number of rotatable bonds is 5. The fourth-order valence-electron chi connectivity index (χ4n) is 2.75. The summed E-state index contributed by atoms with van der Waals surface area (Å²) in [7, 11) is 0. The molecule has 29 heavy (non-hydrogen) atoms. The van der Waals surface area contributed by atoms with E-state index in [0.717, 1.165) is 11.1 Å². The molecule has 0 unspecified atom stereocenters. The number of carbonyl (C=O) groups excluding carboxylic acids is 2. The smallest absolute Gasteiger partial charge is 0.255 e. The number of hydrogen-bond donors (Lipinski definition) is 3. The van der Waals surface area contributed by atoms with Crippen LogP contribution < -0.4 is 10.6 Å². The lowest BCUT2D eigenvalue weighted by Gasteiger charge is -2.12. The normalized spacial score (nSPS) is 10.3. The van der Waals surface area contributed by atoms with Gasteiger partial charge >= 0.3 is 0 Å². The molecule has 5 heteroatoms. The highest BCUT2D eigenvalue weighted by Crippen LogP contribution is 2.24. The zero-order valence-corrected chi connectivity index (χ0v) is 16.3. The number of carbonyl (C=O) groups is 2. The van der Waals surface area contributed by atoms with Gasteiger partial charge in [-0.15, -0.1) is 0 Å². The van der Waals surface area contributed by atoms with Gasteiger partial charge in [0.05, 0.1) is 0 Å². The van der Waals surface area contributed by atoms with Crippen molar-refractivity contribution in [3.63, 3.8) is 0 Å². The molecule has 0 aliphatic carbocycles. The van der Waals surface area contributed by atoms with Crippen molar-refractivity contribution in [2.45, 2.75) is 13.8 Å². The molecule has 3 aromatic carbocycles. The quantitative estimate of drug-likeness (QED) is 0.518. The molecule has 0 spiro atoms. The standard InChI is InChI=1S/C24H22N2O3/c1-15-4-8-18(9-5-15)23(28)25-21-12-20(17(3)27)13-22(14-21)26-24(29)19-10-6-16(2)7-11-19/h4-14,27H,3H2,1-2H3,(H,25,28)(H,26,29). The van der Waals surface area contributed by atoms with E-state index in [9.17, 15) is 14.7 Å². The van der Waals surface area contributed by atoms with Gasteiger partial charge in [0, 0.05) is 28.1 Å². The maximum absolute atomic E-state index is 12.5. The summed E-state index contributed by atoms with van der Waals surface area (Å²) in [4.78, 5) is 25.0. The first-order valence-corrected chi connectivity index (χ1v) is 9.11. The molecule has 5 nitrogen and oxygen atoms in total. The van der Waals surface area contributed by atoms with E-state index in [2.05, 4.69) is 17.2 Å². The van der Waals surface area contributed by atoms with Crippen molar-refractivity contribution in [1.29, 1.82) is 0 Å². The van der Waals surface area contributed by atoms with Crippen LogP contribution in [0, 0.1) is 13.8 Å². The van der Waals surface area contributed by atoms with Gasteiger partial charge in [0.2, 0.25) is 0 Å². The van der Waals surface area contributed by atoms with E-state index in [1.165, 1.54) is 0 Å². The average Bonchev–Trinajstić information content (AvgIpc) is 2.68. The Labute approximate surface area is 169 Å².